The Balaban J connectivity index is 3.15. The molecule has 0 rings (SSSR count). The van der Waals surface area contributed by atoms with E-state index in [1.54, 1.807) is 0 Å². The summed E-state index contributed by atoms with van der Waals surface area (Å²) in [6.45, 7) is 2.36. The van der Waals surface area contributed by atoms with Crippen LogP contribution in [0.2, 0.25) is 0 Å². The molecule has 0 aromatic heterocycles. The predicted molar refractivity (Wildman–Crippen MR) is 59.0 cm³/mol. The van der Waals surface area contributed by atoms with Gasteiger partial charge in [-0.05, 0) is 18.0 Å². The zero-order valence-corrected chi connectivity index (χ0v) is 9.95. The second kappa shape index (κ2) is 10.2. The molecule has 0 saturated heterocycles. The van der Waals surface area contributed by atoms with Gasteiger partial charge in [0.15, 0.2) is 0 Å². The molecule has 90 valence electrons. The molecule has 0 saturated carbocycles. The highest BCUT2D eigenvalue weighted by Gasteiger charge is 2.02. The lowest BCUT2D eigenvalue weighted by molar-refractivity contribution is 0.133. The summed E-state index contributed by atoms with van der Waals surface area (Å²) >= 11 is 4.74. The molecular formula is C11H19ClF2O. The van der Waals surface area contributed by atoms with Crippen LogP contribution in [-0.4, -0.2) is 6.61 Å². The van der Waals surface area contributed by atoms with Crippen LogP contribution in [0, 0.1) is 0 Å². The van der Waals surface area contributed by atoms with E-state index in [0.29, 0.717) is 0 Å². The van der Waals surface area contributed by atoms with Crippen LogP contribution < -0.4 is 0 Å². The van der Waals surface area contributed by atoms with Crippen LogP contribution in [0.15, 0.2) is 11.3 Å². The molecule has 0 spiro atoms. The number of hydrogen-bond acceptors (Lipinski definition) is 1. The molecule has 0 unspecified atom stereocenters. The van der Waals surface area contributed by atoms with Crippen LogP contribution in [0.1, 0.15) is 51.9 Å². The molecule has 1 nitrogen and oxygen atoms in total. The van der Waals surface area contributed by atoms with E-state index in [0.717, 1.165) is 19.3 Å². The van der Waals surface area contributed by atoms with Crippen LogP contribution in [0.4, 0.5) is 8.78 Å². The van der Waals surface area contributed by atoms with Gasteiger partial charge in [-0.2, -0.15) is 8.78 Å². The predicted octanol–water partition coefficient (Wildman–Crippen LogP) is 5.06. The van der Waals surface area contributed by atoms with Gasteiger partial charge >= 0.3 is 6.01 Å². The number of ether oxygens (including phenoxy) is 1. The van der Waals surface area contributed by atoms with Crippen molar-refractivity contribution in [3.8, 4) is 0 Å². The molecule has 0 heterocycles. The molecule has 0 aliphatic heterocycles. The van der Waals surface area contributed by atoms with Gasteiger partial charge in [0.1, 0.15) is 0 Å². The fourth-order valence-electron chi connectivity index (χ4n) is 1.28. The zero-order chi connectivity index (χ0) is 11.5. The standard InChI is InChI=1S/C11H19ClF2O/c1-2-3-4-5-6-7-8-9-15-11(14)10(12)13/h2-9H2,1H3. The Labute approximate surface area is 95.4 Å². The van der Waals surface area contributed by atoms with Crippen molar-refractivity contribution in [2.75, 3.05) is 6.61 Å². The van der Waals surface area contributed by atoms with Gasteiger partial charge in [0, 0.05) is 0 Å². The summed E-state index contributed by atoms with van der Waals surface area (Å²) in [6.07, 6.45) is 7.81. The maximum Gasteiger partial charge on any atom is 0.321 e. The quantitative estimate of drug-likeness (QED) is 0.404. The Kier molecular flexibility index (Phi) is 10.0. The van der Waals surface area contributed by atoms with E-state index in [9.17, 15) is 8.78 Å². The third kappa shape index (κ3) is 9.98. The summed E-state index contributed by atoms with van der Waals surface area (Å²) < 4.78 is 28.7. The second-order valence-electron chi connectivity index (χ2n) is 3.50. The van der Waals surface area contributed by atoms with E-state index < -0.39 is 11.3 Å². The van der Waals surface area contributed by atoms with E-state index in [4.69, 9.17) is 11.6 Å². The average molecular weight is 241 g/mol. The lowest BCUT2D eigenvalue weighted by Crippen LogP contribution is -1.92. The minimum atomic E-state index is -1.40. The van der Waals surface area contributed by atoms with Crippen molar-refractivity contribution in [2.24, 2.45) is 0 Å². The fraction of sp³-hybridized carbons (Fsp3) is 0.818. The molecule has 0 aliphatic carbocycles. The van der Waals surface area contributed by atoms with E-state index >= 15 is 0 Å². The largest absolute Gasteiger partial charge is 0.468 e. The van der Waals surface area contributed by atoms with Crippen molar-refractivity contribution in [2.45, 2.75) is 51.9 Å². The number of rotatable bonds is 9. The molecule has 0 N–H and O–H groups in total. The molecule has 0 amide bonds. The third-order valence-electron chi connectivity index (χ3n) is 2.13. The number of hydrogen-bond donors (Lipinski definition) is 0. The Bertz CT molecular complexity index is 179. The molecule has 15 heavy (non-hydrogen) atoms. The van der Waals surface area contributed by atoms with Crippen LogP contribution in [0.25, 0.3) is 0 Å². The first-order chi connectivity index (χ1) is 7.18. The minimum absolute atomic E-state index is 0.194. The summed E-state index contributed by atoms with van der Waals surface area (Å²) in [5.74, 6) is 0. The lowest BCUT2D eigenvalue weighted by atomic mass is 10.1. The van der Waals surface area contributed by atoms with Gasteiger partial charge in [0.2, 0.25) is 0 Å². The molecule has 0 atom stereocenters. The van der Waals surface area contributed by atoms with Gasteiger partial charge in [-0.25, -0.2) is 0 Å². The molecular weight excluding hydrogens is 222 g/mol. The normalized spacial score (nSPS) is 12.5. The molecule has 0 fully saturated rings. The van der Waals surface area contributed by atoms with Gasteiger partial charge in [-0.15, -0.1) is 0 Å². The summed E-state index contributed by atoms with van der Waals surface area (Å²) in [6, 6.07) is -1.30. The van der Waals surface area contributed by atoms with Crippen LogP contribution >= 0.6 is 11.6 Å². The minimum Gasteiger partial charge on any atom is -0.468 e. The topological polar surface area (TPSA) is 9.23 Å². The molecule has 0 aromatic carbocycles. The smallest absolute Gasteiger partial charge is 0.321 e. The van der Waals surface area contributed by atoms with E-state index in [-0.39, 0.29) is 6.61 Å². The van der Waals surface area contributed by atoms with Crippen LogP contribution in [-0.2, 0) is 4.74 Å². The van der Waals surface area contributed by atoms with Crippen molar-refractivity contribution in [1.82, 2.24) is 0 Å². The summed E-state index contributed by atoms with van der Waals surface area (Å²) in [7, 11) is 0. The van der Waals surface area contributed by atoms with Crippen LogP contribution in [0.5, 0.6) is 0 Å². The third-order valence-corrected chi connectivity index (χ3v) is 2.27. The van der Waals surface area contributed by atoms with Crippen molar-refractivity contribution in [1.29, 1.82) is 0 Å². The molecule has 0 aromatic rings. The van der Waals surface area contributed by atoms with Crippen LogP contribution in [0.3, 0.4) is 0 Å². The summed E-state index contributed by atoms with van der Waals surface area (Å²) in [4.78, 5) is 0. The van der Waals surface area contributed by atoms with Gasteiger partial charge in [0.25, 0.3) is 5.29 Å². The average Bonchev–Trinajstić information content (AvgIpc) is 2.21. The zero-order valence-electron chi connectivity index (χ0n) is 9.20. The SMILES string of the molecule is CCCCCCCCCOC(F)=C(F)Cl. The Morgan fingerprint density at radius 2 is 1.53 bits per heavy atom. The lowest BCUT2D eigenvalue weighted by Gasteiger charge is -2.03. The summed E-state index contributed by atoms with van der Waals surface area (Å²) in [5, 5.41) is -1.40. The van der Waals surface area contributed by atoms with Gasteiger partial charge < -0.3 is 4.74 Å². The van der Waals surface area contributed by atoms with Gasteiger partial charge in [-0.1, -0.05) is 45.4 Å². The molecule has 4 heteroatoms. The van der Waals surface area contributed by atoms with Crippen molar-refractivity contribution in [3.63, 3.8) is 0 Å². The first-order valence-electron chi connectivity index (χ1n) is 5.52. The first-order valence-corrected chi connectivity index (χ1v) is 5.89. The van der Waals surface area contributed by atoms with Crippen molar-refractivity contribution in [3.05, 3.63) is 11.3 Å². The first kappa shape index (κ1) is 14.7. The van der Waals surface area contributed by atoms with Crippen molar-refractivity contribution < 1.29 is 13.5 Å². The Hall–Kier alpha value is -0.310. The van der Waals surface area contributed by atoms with E-state index in [2.05, 4.69) is 11.7 Å². The monoisotopic (exact) mass is 240 g/mol. The van der Waals surface area contributed by atoms with E-state index in [1.165, 1.54) is 25.7 Å². The van der Waals surface area contributed by atoms with Crippen molar-refractivity contribution >= 4 is 11.6 Å². The second-order valence-corrected chi connectivity index (χ2v) is 3.84. The number of halogens is 3. The highest BCUT2D eigenvalue weighted by atomic mass is 35.5. The maximum absolute atomic E-state index is 12.4. The van der Waals surface area contributed by atoms with Gasteiger partial charge in [0.05, 0.1) is 6.61 Å². The van der Waals surface area contributed by atoms with Gasteiger partial charge in [-0.3, -0.25) is 0 Å². The highest BCUT2D eigenvalue weighted by molar-refractivity contribution is 6.28. The molecule has 0 bridgehead atoms. The highest BCUT2D eigenvalue weighted by Crippen LogP contribution is 2.14. The fourth-order valence-corrected chi connectivity index (χ4v) is 1.33. The maximum atomic E-state index is 12.4. The Morgan fingerprint density at radius 3 is 2.07 bits per heavy atom. The molecule has 0 aliphatic rings. The number of unbranched alkanes of at least 4 members (excludes halogenated alkanes) is 6. The Morgan fingerprint density at radius 1 is 1.00 bits per heavy atom. The molecule has 0 radical (unpaired) electrons. The summed E-state index contributed by atoms with van der Waals surface area (Å²) in [5.41, 5.74) is 0. The van der Waals surface area contributed by atoms with E-state index in [1.807, 2.05) is 0 Å².